The Morgan fingerprint density at radius 3 is 2.65 bits per heavy atom. The van der Waals surface area contributed by atoms with Crippen LogP contribution in [0.1, 0.15) is 64.7 Å². The zero-order valence-corrected chi connectivity index (χ0v) is 12.7. The molecule has 2 aliphatic carbocycles. The molecule has 0 saturated heterocycles. The Morgan fingerprint density at radius 2 is 2.00 bits per heavy atom. The van der Waals surface area contributed by atoms with Crippen molar-refractivity contribution in [2.24, 2.45) is 5.92 Å². The van der Waals surface area contributed by atoms with Crippen LogP contribution in [0.4, 0.5) is 0 Å². The van der Waals surface area contributed by atoms with Gasteiger partial charge in [0.2, 0.25) is 0 Å². The third-order valence-corrected chi connectivity index (χ3v) is 4.92. The SMILES string of the molecule is CCNC1(C(=O)O)CCCC(OCC2CCCCC2)C1. The number of rotatable bonds is 6. The second-order valence-electron chi connectivity index (χ2n) is 6.47. The van der Waals surface area contributed by atoms with Crippen LogP contribution in [0.15, 0.2) is 0 Å². The second-order valence-corrected chi connectivity index (χ2v) is 6.47. The monoisotopic (exact) mass is 283 g/mol. The van der Waals surface area contributed by atoms with Gasteiger partial charge in [-0.2, -0.15) is 0 Å². The molecule has 2 N–H and O–H groups in total. The highest BCUT2D eigenvalue weighted by Crippen LogP contribution is 2.32. The van der Waals surface area contributed by atoms with E-state index in [4.69, 9.17) is 4.74 Å². The summed E-state index contributed by atoms with van der Waals surface area (Å²) in [5.41, 5.74) is -0.760. The van der Waals surface area contributed by atoms with E-state index >= 15 is 0 Å². The number of hydrogen-bond donors (Lipinski definition) is 2. The molecule has 0 bridgehead atoms. The maximum Gasteiger partial charge on any atom is 0.323 e. The molecule has 2 unspecified atom stereocenters. The van der Waals surface area contributed by atoms with Crippen LogP contribution in [0.2, 0.25) is 0 Å². The third-order valence-electron chi connectivity index (χ3n) is 4.92. The molecule has 0 aromatic rings. The largest absolute Gasteiger partial charge is 0.480 e. The van der Waals surface area contributed by atoms with Crippen LogP contribution in [0.3, 0.4) is 0 Å². The van der Waals surface area contributed by atoms with Gasteiger partial charge in [-0.25, -0.2) is 0 Å². The quantitative estimate of drug-likeness (QED) is 0.787. The third kappa shape index (κ3) is 3.95. The minimum atomic E-state index is -0.760. The summed E-state index contributed by atoms with van der Waals surface area (Å²) in [7, 11) is 0. The molecule has 4 nitrogen and oxygen atoms in total. The predicted molar refractivity (Wildman–Crippen MR) is 78.8 cm³/mol. The second kappa shape index (κ2) is 7.41. The van der Waals surface area contributed by atoms with E-state index < -0.39 is 11.5 Å². The van der Waals surface area contributed by atoms with Gasteiger partial charge in [-0.1, -0.05) is 26.2 Å². The number of nitrogens with one attached hydrogen (secondary N) is 1. The Bertz CT molecular complexity index is 311. The highest BCUT2D eigenvalue weighted by molar-refractivity contribution is 5.79. The molecule has 0 heterocycles. The first-order valence-electron chi connectivity index (χ1n) is 8.26. The average Bonchev–Trinajstić information content (AvgIpc) is 2.47. The number of carboxylic acid groups (broad SMARTS) is 1. The minimum absolute atomic E-state index is 0.112. The topological polar surface area (TPSA) is 58.6 Å². The van der Waals surface area contributed by atoms with Gasteiger partial charge in [0.05, 0.1) is 6.10 Å². The van der Waals surface area contributed by atoms with Gasteiger partial charge in [0.25, 0.3) is 0 Å². The summed E-state index contributed by atoms with van der Waals surface area (Å²) >= 11 is 0. The van der Waals surface area contributed by atoms with Crippen molar-refractivity contribution < 1.29 is 14.6 Å². The fourth-order valence-corrected chi connectivity index (χ4v) is 3.76. The van der Waals surface area contributed by atoms with E-state index in [1.54, 1.807) is 0 Å². The van der Waals surface area contributed by atoms with Gasteiger partial charge in [0.15, 0.2) is 0 Å². The van der Waals surface area contributed by atoms with E-state index in [0.717, 1.165) is 25.9 Å². The first-order valence-corrected chi connectivity index (χ1v) is 8.26. The van der Waals surface area contributed by atoms with Crippen molar-refractivity contribution in [2.45, 2.75) is 76.4 Å². The van der Waals surface area contributed by atoms with Crippen LogP contribution in [0.5, 0.6) is 0 Å². The fourth-order valence-electron chi connectivity index (χ4n) is 3.76. The van der Waals surface area contributed by atoms with Crippen LogP contribution < -0.4 is 5.32 Å². The van der Waals surface area contributed by atoms with Gasteiger partial charge in [-0.05, 0) is 44.6 Å². The molecular weight excluding hydrogens is 254 g/mol. The van der Waals surface area contributed by atoms with Gasteiger partial charge in [0.1, 0.15) is 5.54 Å². The van der Waals surface area contributed by atoms with Gasteiger partial charge in [-0.3, -0.25) is 4.79 Å². The van der Waals surface area contributed by atoms with Crippen molar-refractivity contribution in [3.05, 3.63) is 0 Å². The summed E-state index contributed by atoms with van der Waals surface area (Å²) in [5, 5.41) is 12.7. The molecule has 0 amide bonds. The summed E-state index contributed by atoms with van der Waals surface area (Å²) in [5.74, 6) is -0.0191. The van der Waals surface area contributed by atoms with E-state index in [9.17, 15) is 9.90 Å². The van der Waals surface area contributed by atoms with E-state index in [1.165, 1.54) is 32.1 Å². The molecule has 2 fully saturated rings. The molecule has 2 rings (SSSR count). The van der Waals surface area contributed by atoms with Crippen molar-refractivity contribution in [1.82, 2.24) is 5.32 Å². The number of aliphatic carboxylic acids is 1. The lowest BCUT2D eigenvalue weighted by molar-refractivity contribution is -0.149. The number of ether oxygens (including phenoxy) is 1. The van der Waals surface area contributed by atoms with Crippen molar-refractivity contribution in [3.8, 4) is 0 Å². The number of carbonyl (C=O) groups is 1. The first-order chi connectivity index (χ1) is 9.66. The van der Waals surface area contributed by atoms with Crippen molar-refractivity contribution in [2.75, 3.05) is 13.2 Å². The summed E-state index contributed by atoms with van der Waals surface area (Å²) in [4.78, 5) is 11.6. The molecule has 0 radical (unpaired) electrons. The molecule has 0 aromatic heterocycles. The van der Waals surface area contributed by atoms with E-state index in [-0.39, 0.29) is 6.10 Å². The summed E-state index contributed by atoms with van der Waals surface area (Å²) in [6.45, 7) is 3.49. The van der Waals surface area contributed by atoms with E-state index in [2.05, 4.69) is 5.32 Å². The zero-order chi connectivity index (χ0) is 14.4. The molecule has 0 aromatic carbocycles. The number of carboxylic acids is 1. The zero-order valence-electron chi connectivity index (χ0n) is 12.7. The lowest BCUT2D eigenvalue weighted by atomic mass is 9.80. The molecule has 4 heteroatoms. The summed E-state index contributed by atoms with van der Waals surface area (Å²) in [6, 6.07) is 0. The first kappa shape index (κ1) is 15.8. The average molecular weight is 283 g/mol. The molecule has 2 saturated carbocycles. The number of likely N-dealkylation sites (N-methyl/N-ethyl adjacent to an activating group) is 1. The lowest BCUT2D eigenvalue weighted by Gasteiger charge is -2.38. The van der Waals surface area contributed by atoms with E-state index in [0.29, 0.717) is 18.9 Å². The Balaban J connectivity index is 1.84. The molecule has 116 valence electrons. The van der Waals surface area contributed by atoms with Crippen LogP contribution in [0.25, 0.3) is 0 Å². The fraction of sp³-hybridized carbons (Fsp3) is 0.938. The molecule has 0 spiro atoms. The van der Waals surface area contributed by atoms with Crippen LogP contribution in [-0.4, -0.2) is 35.9 Å². The van der Waals surface area contributed by atoms with Crippen molar-refractivity contribution in [3.63, 3.8) is 0 Å². The van der Waals surface area contributed by atoms with Crippen molar-refractivity contribution in [1.29, 1.82) is 0 Å². The standard InChI is InChI=1S/C16H29NO3/c1-2-17-16(15(18)19)10-6-9-14(11-16)20-12-13-7-4-3-5-8-13/h13-14,17H,2-12H2,1H3,(H,18,19). The molecular formula is C16H29NO3. The van der Waals surface area contributed by atoms with Crippen LogP contribution in [-0.2, 0) is 9.53 Å². The van der Waals surface area contributed by atoms with Gasteiger partial charge < -0.3 is 15.2 Å². The predicted octanol–water partition coefficient (Wildman–Crippen LogP) is 2.96. The molecule has 20 heavy (non-hydrogen) atoms. The van der Waals surface area contributed by atoms with Gasteiger partial charge in [0, 0.05) is 13.0 Å². The highest BCUT2D eigenvalue weighted by Gasteiger charge is 2.42. The Kier molecular flexibility index (Phi) is 5.85. The van der Waals surface area contributed by atoms with Crippen LogP contribution >= 0.6 is 0 Å². The Morgan fingerprint density at radius 1 is 1.25 bits per heavy atom. The van der Waals surface area contributed by atoms with Gasteiger partial charge in [-0.15, -0.1) is 0 Å². The maximum atomic E-state index is 11.6. The van der Waals surface area contributed by atoms with E-state index in [1.807, 2.05) is 6.92 Å². The molecule has 2 aliphatic rings. The smallest absolute Gasteiger partial charge is 0.323 e. The van der Waals surface area contributed by atoms with Gasteiger partial charge >= 0.3 is 5.97 Å². The lowest BCUT2D eigenvalue weighted by Crippen LogP contribution is -2.56. The summed E-state index contributed by atoms with van der Waals surface area (Å²) < 4.78 is 6.07. The molecule has 2 atom stereocenters. The summed E-state index contributed by atoms with van der Waals surface area (Å²) in [6.07, 6.45) is 9.98. The number of hydrogen-bond acceptors (Lipinski definition) is 3. The Hall–Kier alpha value is -0.610. The normalized spacial score (nSPS) is 32.1. The van der Waals surface area contributed by atoms with Crippen molar-refractivity contribution >= 4 is 5.97 Å². The highest BCUT2D eigenvalue weighted by atomic mass is 16.5. The minimum Gasteiger partial charge on any atom is -0.480 e. The Labute approximate surface area is 122 Å². The maximum absolute atomic E-state index is 11.6. The molecule has 0 aliphatic heterocycles. The van der Waals surface area contributed by atoms with Crippen LogP contribution in [0, 0.1) is 5.92 Å².